The van der Waals surface area contributed by atoms with Gasteiger partial charge in [0.25, 0.3) is 5.91 Å². The average Bonchev–Trinajstić information content (AvgIpc) is 2.65. The van der Waals surface area contributed by atoms with Crippen molar-refractivity contribution in [3.05, 3.63) is 72.4 Å². The second-order valence-electron chi connectivity index (χ2n) is 4.99. The Balaban J connectivity index is 1.53. The molecule has 0 aliphatic carbocycles. The van der Waals surface area contributed by atoms with Gasteiger partial charge in [-0.15, -0.1) is 11.8 Å². The summed E-state index contributed by atoms with van der Waals surface area (Å²) in [5, 5.41) is 0.956. The number of pyridine rings is 1. The predicted molar refractivity (Wildman–Crippen MR) is 94.5 cm³/mol. The van der Waals surface area contributed by atoms with Gasteiger partial charge in [-0.3, -0.25) is 20.4 Å². The van der Waals surface area contributed by atoms with E-state index in [2.05, 4.69) is 15.8 Å². The number of thioether (sulfide) groups is 1. The van der Waals surface area contributed by atoms with Crippen molar-refractivity contribution in [1.29, 1.82) is 0 Å². The van der Waals surface area contributed by atoms with Crippen LogP contribution in [-0.2, 0) is 4.79 Å². The minimum absolute atomic E-state index is 0.218. The van der Waals surface area contributed by atoms with Gasteiger partial charge >= 0.3 is 0 Å². The molecule has 0 saturated heterocycles. The number of benzene rings is 2. The maximum Gasteiger partial charge on any atom is 0.288 e. The summed E-state index contributed by atoms with van der Waals surface area (Å²) < 4.78 is 0. The van der Waals surface area contributed by atoms with Gasteiger partial charge in [0, 0.05) is 10.3 Å². The van der Waals surface area contributed by atoms with E-state index in [1.54, 1.807) is 6.07 Å². The quantitative estimate of drug-likeness (QED) is 0.567. The molecule has 2 amide bonds. The molecule has 3 aromatic rings. The van der Waals surface area contributed by atoms with Gasteiger partial charge in [0.05, 0.1) is 11.3 Å². The largest absolute Gasteiger partial charge is 0.288 e. The molecule has 2 aromatic carbocycles. The molecule has 6 heteroatoms. The Morgan fingerprint density at radius 2 is 1.62 bits per heavy atom. The number of aromatic nitrogens is 1. The van der Waals surface area contributed by atoms with Gasteiger partial charge in [0.15, 0.2) is 0 Å². The number of nitrogens with zero attached hydrogens (tertiary/aromatic N) is 1. The SMILES string of the molecule is O=C(CSc1ccccc1)NNC(=O)c1ccc2ccccc2n1. The summed E-state index contributed by atoms with van der Waals surface area (Å²) in [6, 6.07) is 20.6. The van der Waals surface area contributed by atoms with Crippen LogP contribution in [-0.4, -0.2) is 22.6 Å². The zero-order chi connectivity index (χ0) is 16.8. The maximum atomic E-state index is 12.1. The number of rotatable bonds is 4. The van der Waals surface area contributed by atoms with Gasteiger partial charge in [-0.25, -0.2) is 4.98 Å². The van der Waals surface area contributed by atoms with Gasteiger partial charge in [-0.1, -0.05) is 42.5 Å². The van der Waals surface area contributed by atoms with Crippen molar-refractivity contribution < 1.29 is 9.59 Å². The zero-order valence-corrected chi connectivity index (χ0v) is 13.5. The van der Waals surface area contributed by atoms with Crippen LogP contribution in [0.1, 0.15) is 10.5 Å². The number of fused-ring (bicyclic) bond motifs is 1. The van der Waals surface area contributed by atoms with Crippen LogP contribution in [0.4, 0.5) is 0 Å². The van der Waals surface area contributed by atoms with Crippen molar-refractivity contribution in [1.82, 2.24) is 15.8 Å². The number of carbonyl (C=O) groups excluding carboxylic acids is 2. The van der Waals surface area contributed by atoms with Crippen LogP contribution in [0.25, 0.3) is 10.9 Å². The van der Waals surface area contributed by atoms with Crippen molar-refractivity contribution in [3.63, 3.8) is 0 Å². The van der Waals surface area contributed by atoms with E-state index >= 15 is 0 Å². The first kappa shape index (κ1) is 16.0. The topological polar surface area (TPSA) is 71.1 Å². The number of hydrogen-bond acceptors (Lipinski definition) is 4. The molecule has 2 N–H and O–H groups in total. The molecule has 24 heavy (non-hydrogen) atoms. The lowest BCUT2D eigenvalue weighted by atomic mass is 10.2. The molecule has 3 rings (SSSR count). The summed E-state index contributed by atoms with van der Waals surface area (Å²) in [4.78, 5) is 29.1. The standard InChI is InChI=1S/C18H15N3O2S/c22-17(12-24-14-7-2-1-3-8-14)20-21-18(23)16-11-10-13-6-4-5-9-15(13)19-16/h1-11H,12H2,(H,20,22)(H,21,23). The Kier molecular flexibility index (Phi) is 5.08. The molecule has 5 nitrogen and oxygen atoms in total. The summed E-state index contributed by atoms with van der Waals surface area (Å²) in [6.07, 6.45) is 0. The lowest BCUT2D eigenvalue weighted by Crippen LogP contribution is -2.42. The van der Waals surface area contributed by atoms with E-state index in [9.17, 15) is 9.59 Å². The third-order valence-electron chi connectivity index (χ3n) is 3.26. The maximum absolute atomic E-state index is 12.1. The summed E-state index contributed by atoms with van der Waals surface area (Å²) in [5.41, 5.74) is 5.77. The van der Waals surface area contributed by atoms with Gasteiger partial charge in [0.1, 0.15) is 5.69 Å². The molecule has 0 bridgehead atoms. The Labute approximate surface area is 143 Å². The molecule has 0 radical (unpaired) electrons. The number of nitrogens with one attached hydrogen (secondary N) is 2. The van der Waals surface area contributed by atoms with Crippen molar-refractivity contribution in [3.8, 4) is 0 Å². The molecule has 0 aliphatic heterocycles. The molecular formula is C18H15N3O2S. The normalized spacial score (nSPS) is 10.3. The van der Waals surface area contributed by atoms with Crippen LogP contribution >= 0.6 is 11.8 Å². The molecule has 1 aromatic heterocycles. The highest BCUT2D eigenvalue weighted by molar-refractivity contribution is 8.00. The van der Waals surface area contributed by atoms with E-state index in [1.165, 1.54) is 11.8 Å². The number of hydrogen-bond donors (Lipinski definition) is 2. The van der Waals surface area contributed by atoms with Crippen LogP contribution in [0.2, 0.25) is 0 Å². The average molecular weight is 337 g/mol. The van der Waals surface area contributed by atoms with E-state index in [0.29, 0.717) is 0 Å². The number of carbonyl (C=O) groups is 2. The van der Waals surface area contributed by atoms with Crippen molar-refractivity contribution in [2.45, 2.75) is 4.90 Å². The van der Waals surface area contributed by atoms with Crippen LogP contribution in [0.3, 0.4) is 0 Å². The highest BCUT2D eigenvalue weighted by atomic mass is 32.2. The van der Waals surface area contributed by atoms with Gasteiger partial charge in [-0.2, -0.15) is 0 Å². The van der Waals surface area contributed by atoms with Gasteiger partial charge in [-0.05, 0) is 24.3 Å². The fraction of sp³-hybridized carbons (Fsp3) is 0.0556. The first-order valence-corrected chi connectivity index (χ1v) is 8.34. The first-order chi connectivity index (χ1) is 11.7. The fourth-order valence-electron chi connectivity index (χ4n) is 2.08. The monoisotopic (exact) mass is 337 g/mol. The number of para-hydroxylation sites is 1. The molecule has 0 aliphatic rings. The highest BCUT2D eigenvalue weighted by Crippen LogP contribution is 2.16. The molecule has 0 spiro atoms. The molecule has 0 unspecified atom stereocenters. The molecule has 0 atom stereocenters. The Morgan fingerprint density at radius 3 is 2.46 bits per heavy atom. The third-order valence-corrected chi connectivity index (χ3v) is 4.27. The minimum atomic E-state index is -0.446. The second-order valence-corrected chi connectivity index (χ2v) is 6.04. The lowest BCUT2D eigenvalue weighted by Gasteiger charge is -2.07. The third kappa shape index (κ3) is 4.11. The Morgan fingerprint density at radius 1 is 0.875 bits per heavy atom. The highest BCUT2D eigenvalue weighted by Gasteiger charge is 2.09. The second kappa shape index (κ2) is 7.61. The van der Waals surface area contributed by atoms with E-state index in [0.717, 1.165) is 15.8 Å². The van der Waals surface area contributed by atoms with E-state index < -0.39 is 5.91 Å². The molecule has 1 heterocycles. The van der Waals surface area contributed by atoms with Crippen molar-refractivity contribution >= 4 is 34.5 Å². The summed E-state index contributed by atoms with van der Waals surface area (Å²) >= 11 is 1.40. The van der Waals surface area contributed by atoms with E-state index in [-0.39, 0.29) is 17.4 Å². The molecule has 0 saturated carbocycles. The fourth-order valence-corrected chi connectivity index (χ4v) is 2.80. The van der Waals surface area contributed by atoms with Crippen molar-refractivity contribution in [2.75, 3.05) is 5.75 Å². The van der Waals surface area contributed by atoms with Gasteiger partial charge < -0.3 is 0 Å². The minimum Gasteiger partial charge on any atom is -0.272 e. The van der Waals surface area contributed by atoms with Crippen LogP contribution in [0.5, 0.6) is 0 Å². The molecular weight excluding hydrogens is 322 g/mol. The van der Waals surface area contributed by atoms with E-state index in [4.69, 9.17) is 0 Å². The van der Waals surface area contributed by atoms with E-state index in [1.807, 2.05) is 60.7 Å². The van der Waals surface area contributed by atoms with Crippen molar-refractivity contribution in [2.24, 2.45) is 0 Å². The number of hydrazine groups is 1. The first-order valence-electron chi connectivity index (χ1n) is 7.35. The van der Waals surface area contributed by atoms with Crippen LogP contribution in [0.15, 0.2) is 71.6 Å². The molecule has 120 valence electrons. The van der Waals surface area contributed by atoms with Crippen LogP contribution in [0, 0.1) is 0 Å². The summed E-state index contributed by atoms with van der Waals surface area (Å²) in [5.74, 6) is -0.507. The summed E-state index contributed by atoms with van der Waals surface area (Å²) in [6.45, 7) is 0. The van der Waals surface area contributed by atoms with Crippen LogP contribution < -0.4 is 10.9 Å². The smallest absolute Gasteiger partial charge is 0.272 e. The number of amides is 2. The summed E-state index contributed by atoms with van der Waals surface area (Å²) in [7, 11) is 0. The molecule has 0 fully saturated rings. The Hall–Kier alpha value is -2.86. The Bertz CT molecular complexity index is 868. The predicted octanol–water partition coefficient (Wildman–Crippen LogP) is 2.79. The van der Waals surface area contributed by atoms with Gasteiger partial charge in [0.2, 0.25) is 5.91 Å². The lowest BCUT2D eigenvalue weighted by molar-refractivity contribution is -0.119. The zero-order valence-electron chi connectivity index (χ0n) is 12.7.